The van der Waals surface area contributed by atoms with Crippen molar-refractivity contribution in [3.05, 3.63) is 11.8 Å². The number of nitrogens with one attached hydrogen (secondary N) is 2. The van der Waals surface area contributed by atoms with Gasteiger partial charge in [0.1, 0.15) is 0 Å². The summed E-state index contributed by atoms with van der Waals surface area (Å²) in [5.41, 5.74) is 1.14. The topological polar surface area (TPSA) is 57.8 Å². The molecule has 2 rings (SSSR count). The summed E-state index contributed by atoms with van der Waals surface area (Å²) in [4.78, 5) is 12.5. The van der Waals surface area contributed by atoms with Crippen LogP contribution in [-0.2, 0) is 10.2 Å². The summed E-state index contributed by atoms with van der Waals surface area (Å²) in [7, 11) is 0. The van der Waals surface area contributed by atoms with Gasteiger partial charge in [0.15, 0.2) is 5.82 Å². The van der Waals surface area contributed by atoms with E-state index in [0.29, 0.717) is 5.82 Å². The molecule has 1 saturated carbocycles. The fraction of sp³-hybridized carbons (Fsp3) is 0.750. The lowest BCUT2D eigenvalue weighted by molar-refractivity contribution is -0.124. The van der Waals surface area contributed by atoms with E-state index in [1.54, 1.807) is 0 Å². The van der Waals surface area contributed by atoms with Crippen LogP contribution in [0.2, 0.25) is 0 Å². The van der Waals surface area contributed by atoms with Gasteiger partial charge in [-0.3, -0.25) is 9.89 Å². The second-order valence-electron chi connectivity index (χ2n) is 7.69. The van der Waals surface area contributed by atoms with Crippen LogP contribution in [0.1, 0.15) is 66.0 Å². The Hall–Kier alpha value is -1.32. The lowest BCUT2D eigenvalue weighted by Gasteiger charge is -2.37. The lowest BCUT2D eigenvalue weighted by atomic mass is 9.68. The third-order valence-corrected chi connectivity index (χ3v) is 4.46. The highest BCUT2D eigenvalue weighted by molar-refractivity contribution is 5.92. The molecule has 0 spiro atoms. The van der Waals surface area contributed by atoms with Gasteiger partial charge in [-0.15, -0.1) is 0 Å². The molecular weight excluding hydrogens is 250 g/mol. The van der Waals surface area contributed by atoms with Crippen molar-refractivity contribution in [2.45, 2.75) is 65.7 Å². The highest BCUT2D eigenvalue weighted by Crippen LogP contribution is 2.41. The van der Waals surface area contributed by atoms with Gasteiger partial charge >= 0.3 is 0 Å². The van der Waals surface area contributed by atoms with Crippen molar-refractivity contribution in [1.29, 1.82) is 0 Å². The molecule has 0 saturated heterocycles. The van der Waals surface area contributed by atoms with Gasteiger partial charge < -0.3 is 5.32 Å². The summed E-state index contributed by atoms with van der Waals surface area (Å²) in [5, 5.41) is 10.2. The van der Waals surface area contributed by atoms with Gasteiger partial charge in [0, 0.05) is 23.1 Å². The minimum atomic E-state index is 0.0140. The number of hydrogen-bond donors (Lipinski definition) is 2. The fourth-order valence-corrected chi connectivity index (χ4v) is 2.96. The Morgan fingerprint density at radius 2 is 2.10 bits per heavy atom. The molecule has 1 atom stereocenters. The first kappa shape index (κ1) is 15.1. The number of nitrogens with zero attached hydrogens (tertiary/aromatic N) is 1. The van der Waals surface area contributed by atoms with Crippen molar-refractivity contribution in [2.24, 2.45) is 11.3 Å². The van der Waals surface area contributed by atoms with Crippen LogP contribution in [0.4, 0.5) is 5.82 Å². The zero-order chi connectivity index (χ0) is 15.0. The van der Waals surface area contributed by atoms with Crippen LogP contribution < -0.4 is 5.32 Å². The summed E-state index contributed by atoms with van der Waals surface area (Å²) in [6, 6.07) is 1.94. The number of carbonyl (C=O) groups is 1. The number of H-pyrrole nitrogens is 1. The number of anilines is 1. The van der Waals surface area contributed by atoms with E-state index in [0.717, 1.165) is 25.0 Å². The second-order valence-corrected chi connectivity index (χ2v) is 7.69. The highest BCUT2D eigenvalue weighted by Gasteiger charge is 2.37. The van der Waals surface area contributed by atoms with Crippen molar-refractivity contribution >= 4 is 11.7 Å². The number of rotatable bonds is 2. The number of amides is 1. The van der Waals surface area contributed by atoms with Gasteiger partial charge in [0.25, 0.3) is 0 Å². The van der Waals surface area contributed by atoms with Gasteiger partial charge in [0.05, 0.1) is 0 Å². The second kappa shape index (κ2) is 5.23. The highest BCUT2D eigenvalue weighted by atomic mass is 16.2. The first-order chi connectivity index (χ1) is 9.20. The van der Waals surface area contributed by atoms with Crippen LogP contribution in [0.3, 0.4) is 0 Å². The Kier molecular flexibility index (Phi) is 3.94. The lowest BCUT2D eigenvalue weighted by Crippen LogP contribution is -2.37. The molecule has 1 amide bonds. The van der Waals surface area contributed by atoms with E-state index in [1.165, 1.54) is 6.42 Å². The van der Waals surface area contributed by atoms with Gasteiger partial charge in [0.2, 0.25) is 5.91 Å². The molecule has 20 heavy (non-hydrogen) atoms. The van der Waals surface area contributed by atoms with Crippen molar-refractivity contribution in [2.75, 3.05) is 5.32 Å². The Morgan fingerprint density at radius 3 is 2.65 bits per heavy atom. The van der Waals surface area contributed by atoms with E-state index >= 15 is 0 Å². The molecule has 4 heteroatoms. The van der Waals surface area contributed by atoms with Crippen LogP contribution in [-0.4, -0.2) is 16.1 Å². The van der Waals surface area contributed by atoms with E-state index in [9.17, 15) is 4.79 Å². The zero-order valence-corrected chi connectivity index (χ0v) is 13.3. The standard InChI is InChI=1S/C16H27N3O/c1-15(2,3)12-10-13(19-18-12)17-14(20)11-8-6-7-9-16(11,4)5/h10-11H,6-9H2,1-5H3,(H2,17,18,19,20). The summed E-state index contributed by atoms with van der Waals surface area (Å²) in [6.07, 6.45) is 4.48. The monoisotopic (exact) mass is 277 g/mol. The van der Waals surface area contributed by atoms with Crippen molar-refractivity contribution < 1.29 is 4.79 Å². The molecule has 2 N–H and O–H groups in total. The Bertz CT molecular complexity index is 482. The maximum absolute atomic E-state index is 12.5. The van der Waals surface area contributed by atoms with E-state index in [-0.39, 0.29) is 22.7 Å². The molecule has 0 bridgehead atoms. The first-order valence-corrected chi connectivity index (χ1v) is 7.57. The molecule has 1 unspecified atom stereocenters. The van der Waals surface area contributed by atoms with Crippen molar-refractivity contribution in [3.63, 3.8) is 0 Å². The van der Waals surface area contributed by atoms with Crippen LogP contribution >= 0.6 is 0 Å². The zero-order valence-electron chi connectivity index (χ0n) is 13.3. The molecule has 1 aromatic heterocycles. The van der Waals surface area contributed by atoms with Crippen LogP contribution in [0.25, 0.3) is 0 Å². The molecule has 1 heterocycles. The predicted molar refractivity (Wildman–Crippen MR) is 81.7 cm³/mol. The SMILES string of the molecule is CC(C)(C)c1cc(NC(=O)C2CCCCC2(C)C)n[nH]1. The summed E-state index contributed by atoms with van der Waals surface area (Å²) >= 11 is 0. The Balaban J connectivity index is 2.06. The van der Waals surface area contributed by atoms with Gasteiger partial charge in [-0.25, -0.2) is 0 Å². The number of aromatic amines is 1. The molecule has 0 radical (unpaired) electrons. The van der Waals surface area contributed by atoms with Gasteiger partial charge in [-0.2, -0.15) is 5.10 Å². The van der Waals surface area contributed by atoms with Crippen molar-refractivity contribution in [3.8, 4) is 0 Å². The molecular formula is C16H27N3O. The smallest absolute Gasteiger partial charge is 0.229 e. The van der Waals surface area contributed by atoms with Gasteiger partial charge in [-0.05, 0) is 18.3 Å². The molecule has 4 nitrogen and oxygen atoms in total. The van der Waals surface area contributed by atoms with E-state index in [2.05, 4.69) is 50.1 Å². The van der Waals surface area contributed by atoms with Crippen LogP contribution in [0, 0.1) is 11.3 Å². The third kappa shape index (κ3) is 3.22. The third-order valence-electron chi connectivity index (χ3n) is 4.46. The molecule has 1 aromatic rings. The molecule has 112 valence electrons. The molecule has 0 aromatic carbocycles. The van der Waals surface area contributed by atoms with Gasteiger partial charge in [-0.1, -0.05) is 47.5 Å². The largest absolute Gasteiger partial charge is 0.309 e. The Morgan fingerprint density at radius 1 is 1.40 bits per heavy atom. The summed E-state index contributed by atoms with van der Waals surface area (Å²) < 4.78 is 0. The first-order valence-electron chi connectivity index (χ1n) is 7.57. The fourth-order valence-electron chi connectivity index (χ4n) is 2.96. The molecule has 1 aliphatic carbocycles. The molecule has 1 fully saturated rings. The maximum atomic E-state index is 12.5. The number of carbonyl (C=O) groups excluding carboxylic acids is 1. The average molecular weight is 277 g/mol. The Labute approximate surface area is 121 Å². The van der Waals surface area contributed by atoms with E-state index in [1.807, 2.05) is 6.07 Å². The summed E-state index contributed by atoms with van der Waals surface area (Å²) in [6.45, 7) is 10.8. The minimum absolute atomic E-state index is 0.0140. The number of hydrogen-bond acceptors (Lipinski definition) is 2. The number of aromatic nitrogens is 2. The van der Waals surface area contributed by atoms with Crippen LogP contribution in [0.15, 0.2) is 6.07 Å². The molecule has 0 aliphatic heterocycles. The minimum Gasteiger partial charge on any atom is -0.309 e. The van der Waals surface area contributed by atoms with Crippen molar-refractivity contribution in [1.82, 2.24) is 10.2 Å². The molecule has 1 aliphatic rings. The predicted octanol–water partition coefficient (Wildman–Crippen LogP) is 3.86. The van der Waals surface area contributed by atoms with E-state index in [4.69, 9.17) is 0 Å². The quantitative estimate of drug-likeness (QED) is 0.862. The normalized spacial score (nSPS) is 22.6. The average Bonchev–Trinajstić information content (AvgIpc) is 2.76. The maximum Gasteiger partial charge on any atom is 0.229 e. The van der Waals surface area contributed by atoms with E-state index < -0.39 is 0 Å². The summed E-state index contributed by atoms with van der Waals surface area (Å²) in [5.74, 6) is 0.842. The van der Waals surface area contributed by atoms with Crippen LogP contribution in [0.5, 0.6) is 0 Å².